The third-order valence-corrected chi connectivity index (χ3v) is 7.23. The number of aryl methyl sites for hydroxylation is 1. The Labute approximate surface area is 206 Å². The highest BCUT2D eigenvalue weighted by molar-refractivity contribution is 5.91. The molecule has 2 aliphatic rings. The van der Waals surface area contributed by atoms with E-state index in [2.05, 4.69) is 18.9 Å². The van der Waals surface area contributed by atoms with Gasteiger partial charge in [0.1, 0.15) is 23.0 Å². The minimum absolute atomic E-state index is 0.00420. The van der Waals surface area contributed by atoms with E-state index < -0.39 is 11.6 Å². The molecule has 1 saturated heterocycles. The summed E-state index contributed by atoms with van der Waals surface area (Å²) in [5.74, 6) is -0.719. The summed E-state index contributed by atoms with van der Waals surface area (Å²) in [5.41, 5.74) is 2.34. The maximum absolute atomic E-state index is 14.9. The minimum atomic E-state index is -0.727. The van der Waals surface area contributed by atoms with Crippen LogP contribution in [0.25, 0.3) is 22.2 Å². The van der Waals surface area contributed by atoms with E-state index >= 15 is 0 Å². The zero-order chi connectivity index (χ0) is 25.0. The lowest BCUT2D eigenvalue weighted by Gasteiger charge is -2.29. The quantitative estimate of drug-likeness (QED) is 0.397. The zero-order valence-corrected chi connectivity index (χ0v) is 20.2. The van der Waals surface area contributed by atoms with E-state index in [1.54, 1.807) is 4.57 Å². The highest BCUT2D eigenvalue weighted by atomic mass is 19.1. The summed E-state index contributed by atoms with van der Waals surface area (Å²) in [4.78, 5) is 23.0. The summed E-state index contributed by atoms with van der Waals surface area (Å²) in [6.07, 6.45) is 6.59. The molecule has 2 aliphatic heterocycles. The molecule has 3 aromatic heterocycles. The van der Waals surface area contributed by atoms with Gasteiger partial charge in [-0.05, 0) is 51.3 Å². The number of ether oxygens (including phenoxy) is 1. The van der Waals surface area contributed by atoms with Crippen LogP contribution in [0.1, 0.15) is 68.3 Å². The molecular formula is C27H27F2N5O2. The van der Waals surface area contributed by atoms with Crippen molar-refractivity contribution in [1.29, 1.82) is 0 Å². The van der Waals surface area contributed by atoms with E-state index in [9.17, 15) is 13.6 Å². The summed E-state index contributed by atoms with van der Waals surface area (Å²) in [7, 11) is 0. The van der Waals surface area contributed by atoms with Crippen molar-refractivity contribution in [1.82, 2.24) is 24.3 Å². The summed E-state index contributed by atoms with van der Waals surface area (Å²) < 4.78 is 38.3. The molecule has 9 heteroatoms. The van der Waals surface area contributed by atoms with E-state index in [0.29, 0.717) is 48.4 Å². The van der Waals surface area contributed by atoms with Crippen LogP contribution >= 0.6 is 0 Å². The van der Waals surface area contributed by atoms with Crippen LogP contribution in [0.4, 0.5) is 8.78 Å². The molecule has 0 bridgehead atoms. The SMILES string of the molecule is CC(C)n1cc(C2CC(c3cc4c(=O)n5c(nc4c(-c4ccc(F)cc4F)n3)CCC5)CCO2)cn1. The number of benzene rings is 1. The molecule has 186 valence electrons. The normalized spacial score (nSPS) is 19.8. The van der Waals surface area contributed by atoms with Crippen LogP contribution in [-0.2, 0) is 17.7 Å². The Hall–Kier alpha value is -3.46. The molecule has 0 radical (unpaired) electrons. The fraction of sp³-hybridized carbons (Fsp3) is 0.407. The molecule has 0 spiro atoms. The van der Waals surface area contributed by atoms with E-state index in [0.717, 1.165) is 24.5 Å². The van der Waals surface area contributed by atoms with Gasteiger partial charge in [-0.1, -0.05) is 0 Å². The van der Waals surface area contributed by atoms with Gasteiger partial charge in [-0.3, -0.25) is 19.0 Å². The number of rotatable bonds is 4. The van der Waals surface area contributed by atoms with Crippen LogP contribution in [0.2, 0.25) is 0 Å². The number of nitrogens with zero attached hydrogens (tertiary/aromatic N) is 5. The third-order valence-electron chi connectivity index (χ3n) is 7.23. The van der Waals surface area contributed by atoms with Gasteiger partial charge in [0, 0.05) is 60.6 Å². The number of aromatic nitrogens is 5. The number of hydrogen-bond donors (Lipinski definition) is 0. The predicted molar refractivity (Wildman–Crippen MR) is 131 cm³/mol. The molecule has 7 nitrogen and oxygen atoms in total. The van der Waals surface area contributed by atoms with Gasteiger partial charge in [0.15, 0.2) is 0 Å². The molecule has 6 rings (SSSR count). The van der Waals surface area contributed by atoms with Gasteiger partial charge in [0.25, 0.3) is 5.56 Å². The van der Waals surface area contributed by atoms with E-state index in [-0.39, 0.29) is 34.9 Å². The average Bonchev–Trinajstić information content (AvgIpc) is 3.55. The molecular weight excluding hydrogens is 464 g/mol. The Morgan fingerprint density at radius 2 is 2.03 bits per heavy atom. The first-order valence-electron chi connectivity index (χ1n) is 12.4. The minimum Gasteiger partial charge on any atom is -0.373 e. The molecule has 36 heavy (non-hydrogen) atoms. The van der Waals surface area contributed by atoms with Crippen molar-refractivity contribution < 1.29 is 13.5 Å². The molecule has 4 aromatic rings. The lowest BCUT2D eigenvalue weighted by Crippen LogP contribution is -2.23. The largest absolute Gasteiger partial charge is 0.373 e. The second kappa shape index (κ2) is 8.89. The molecule has 0 saturated carbocycles. The molecule has 2 atom stereocenters. The maximum Gasteiger partial charge on any atom is 0.261 e. The van der Waals surface area contributed by atoms with Crippen LogP contribution in [0.5, 0.6) is 0 Å². The van der Waals surface area contributed by atoms with Crippen molar-refractivity contribution >= 4 is 10.9 Å². The fourth-order valence-electron chi connectivity index (χ4n) is 5.28. The van der Waals surface area contributed by atoms with Crippen molar-refractivity contribution in [3.63, 3.8) is 0 Å². The van der Waals surface area contributed by atoms with Gasteiger partial charge in [0.2, 0.25) is 0 Å². The van der Waals surface area contributed by atoms with Crippen LogP contribution in [0.3, 0.4) is 0 Å². The van der Waals surface area contributed by atoms with Gasteiger partial charge >= 0.3 is 0 Å². The highest BCUT2D eigenvalue weighted by Gasteiger charge is 2.29. The van der Waals surface area contributed by atoms with Gasteiger partial charge in [-0.2, -0.15) is 5.10 Å². The highest BCUT2D eigenvalue weighted by Crippen LogP contribution is 2.39. The molecule has 1 aromatic carbocycles. The Kier molecular flexibility index (Phi) is 5.67. The Morgan fingerprint density at radius 1 is 1.17 bits per heavy atom. The van der Waals surface area contributed by atoms with E-state index in [1.165, 1.54) is 12.1 Å². The Bertz CT molecular complexity index is 1530. The number of fused-ring (bicyclic) bond motifs is 2. The van der Waals surface area contributed by atoms with Crippen LogP contribution < -0.4 is 5.56 Å². The topological polar surface area (TPSA) is 74.8 Å². The molecule has 0 amide bonds. The summed E-state index contributed by atoms with van der Waals surface area (Å²) in [6.45, 7) is 5.29. The molecule has 2 unspecified atom stereocenters. The number of pyridine rings is 1. The molecule has 5 heterocycles. The first-order valence-corrected chi connectivity index (χ1v) is 12.4. The van der Waals surface area contributed by atoms with Crippen LogP contribution in [0, 0.1) is 11.6 Å². The van der Waals surface area contributed by atoms with Crippen LogP contribution in [0.15, 0.2) is 41.5 Å². The molecule has 0 aliphatic carbocycles. The molecule has 0 N–H and O–H groups in total. The monoisotopic (exact) mass is 491 g/mol. The standard InChI is InChI=1S/C27H27F2N5O2/c1-15(2)34-14-17(13-30-34)23-10-16(7-9-36-23)22-12-20-26(32-24-4-3-8-33(24)27(20)35)25(31-22)19-6-5-18(28)11-21(19)29/h5-6,11-16,23H,3-4,7-10H2,1-2H3. The summed E-state index contributed by atoms with van der Waals surface area (Å²) in [6, 6.07) is 5.47. The van der Waals surface area contributed by atoms with Gasteiger partial charge in [-0.15, -0.1) is 0 Å². The van der Waals surface area contributed by atoms with Crippen molar-refractivity contribution in [2.45, 2.75) is 64.1 Å². The van der Waals surface area contributed by atoms with Crippen molar-refractivity contribution in [2.75, 3.05) is 6.61 Å². The lowest BCUT2D eigenvalue weighted by atomic mass is 9.89. The first kappa shape index (κ1) is 23.0. The smallest absolute Gasteiger partial charge is 0.261 e. The second-order valence-corrected chi connectivity index (χ2v) is 9.93. The Morgan fingerprint density at radius 3 is 2.81 bits per heavy atom. The van der Waals surface area contributed by atoms with Gasteiger partial charge < -0.3 is 4.74 Å². The maximum atomic E-state index is 14.9. The van der Waals surface area contributed by atoms with Gasteiger partial charge in [0.05, 0.1) is 23.4 Å². The van der Waals surface area contributed by atoms with E-state index in [1.807, 2.05) is 23.1 Å². The van der Waals surface area contributed by atoms with Gasteiger partial charge in [-0.25, -0.2) is 13.8 Å². The zero-order valence-electron chi connectivity index (χ0n) is 20.2. The van der Waals surface area contributed by atoms with E-state index in [4.69, 9.17) is 14.7 Å². The first-order chi connectivity index (χ1) is 17.4. The van der Waals surface area contributed by atoms with Crippen molar-refractivity contribution in [3.05, 3.63) is 75.7 Å². The molecule has 1 fully saturated rings. The average molecular weight is 492 g/mol. The number of halogens is 2. The third kappa shape index (κ3) is 3.91. The van der Waals surface area contributed by atoms with Crippen LogP contribution in [-0.4, -0.2) is 30.9 Å². The number of hydrogen-bond acceptors (Lipinski definition) is 5. The summed E-state index contributed by atoms with van der Waals surface area (Å²) >= 11 is 0. The summed E-state index contributed by atoms with van der Waals surface area (Å²) in [5, 5.41) is 4.86. The lowest BCUT2D eigenvalue weighted by molar-refractivity contribution is 0.00461. The van der Waals surface area contributed by atoms with Crippen molar-refractivity contribution in [3.8, 4) is 11.3 Å². The fourth-order valence-corrected chi connectivity index (χ4v) is 5.28. The predicted octanol–water partition coefficient (Wildman–Crippen LogP) is 5.10. The Balaban J connectivity index is 1.47. The second-order valence-electron chi connectivity index (χ2n) is 9.93. The van der Waals surface area contributed by atoms with Crippen molar-refractivity contribution in [2.24, 2.45) is 0 Å².